The largest absolute Gasteiger partial charge is 0.465 e. The van der Waals surface area contributed by atoms with Crippen molar-refractivity contribution < 1.29 is 18.7 Å². The number of esters is 1. The number of rotatable bonds is 5. The lowest BCUT2D eigenvalue weighted by atomic mass is 10.1. The Bertz CT molecular complexity index is 570. The molecule has 1 aliphatic carbocycles. The van der Waals surface area contributed by atoms with E-state index in [4.69, 9.17) is 10.5 Å². The Kier molecular flexibility index (Phi) is 4.45. The maximum atomic E-state index is 14.1. The molecule has 21 heavy (non-hydrogen) atoms. The highest BCUT2D eigenvalue weighted by atomic mass is 19.1. The van der Waals surface area contributed by atoms with Crippen LogP contribution in [-0.4, -0.2) is 36.0 Å². The summed E-state index contributed by atoms with van der Waals surface area (Å²) in [5.74, 6) is -1.60. The molecule has 1 fully saturated rings. The van der Waals surface area contributed by atoms with Gasteiger partial charge in [-0.25, -0.2) is 4.39 Å². The third-order valence-electron chi connectivity index (χ3n) is 3.36. The first-order valence-electron chi connectivity index (χ1n) is 6.96. The first kappa shape index (κ1) is 15.3. The van der Waals surface area contributed by atoms with Gasteiger partial charge in [-0.3, -0.25) is 9.59 Å². The molecule has 0 aromatic heterocycles. The number of nitrogen functional groups attached to an aromatic ring is 1. The van der Waals surface area contributed by atoms with Crippen molar-refractivity contribution in [2.45, 2.75) is 32.7 Å². The number of ether oxygens (including phenoxy) is 1. The molecule has 6 heteroatoms. The first-order valence-corrected chi connectivity index (χ1v) is 6.96. The number of benzene rings is 1. The number of nitrogens with zero attached hydrogens (tertiary/aromatic N) is 1. The molecular formula is C15H19FN2O3. The highest BCUT2D eigenvalue weighted by molar-refractivity contribution is 5.97. The van der Waals surface area contributed by atoms with E-state index < -0.39 is 17.7 Å². The van der Waals surface area contributed by atoms with E-state index in [9.17, 15) is 14.0 Å². The van der Waals surface area contributed by atoms with Crippen LogP contribution in [0, 0.1) is 12.7 Å². The fourth-order valence-corrected chi connectivity index (χ4v) is 2.21. The summed E-state index contributed by atoms with van der Waals surface area (Å²) in [7, 11) is 0. The summed E-state index contributed by atoms with van der Waals surface area (Å²) in [6.07, 6.45) is 1.63. The molecule has 1 aliphatic rings. The van der Waals surface area contributed by atoms with E-state index in [1.54, 1.807) is 13.8 Å². The second-order valence-corrected chi connectivity index (χ2v) is 5.17. The van der Waals surface area contributed by atoms with Crippen LogP contribution in [0.3, 0.4) is 0 Å². The molecule has 2 N–H and O–H groups in total. The molecule has 0 bridgehead atoms. The summed E-state index contributed by atoms with van der Waals surface area (Å²) in [5.41, 5.74) is 6.22. The molecule has 1 saturated carbocycles. The molecule has 0 atom stereocenters. The van der Waals surface area contributed by atoms with Gasteiger partial charge in [-0.15, -0.1) is 0 Å². The van der Waals surface area contributed by atoms with E-state index in [-0.39, 0.29) is 24.8 Å². The molecule has 0 aliphatic heterocycles. The van der Waals surface area contributed by atoms with E-state index in [0.29, 0.717) is 11.3 Å². The van der Waals surface area contributed by atoms with Gasteiger partial charge in [0, 0.05) is 11.7 Å². The minimum absolute atomic E-state index is 0.0250. The maximum absolute atomic E-state index is 14.1. The van der Waals surface area contributed by atoms with E-state index in [2.05, 4.69) is 0 Å². The van der Waals surface area contributed by atoms with Gasteiger partial charge in [-0.1, -0.05) is 0 Å². The van der Waals surface area contributed by atoms with Gasteiger partial charge >= 0.3 is 5.97 Å². The number of amides is 1. The zero-order chi connectivity index (χ0) is 15.6. The van der Waals surface area contributed by atoms with E-state index in [1.807, 2.05) is 0 Å². The van der Waals surface area contributed by atoms with Crippen LogP contribution >= 0.6 is 0 Å². The van der Waals surface area contributed by atoms with Gasteiger partial charge in [-0.05, 0) is 44.4 Å². The van der Waals surface area contributed by atoms with Crippen LogP contribution in [0.2, 0.25) is 0 Å². The van der Waals surface area contributed by atoms with Crippen molar-refractivity contribution in [3.8, 4) is 0 Å². The number of anilines is 1. The Morgan fingerprint density at radius 1 is 1.43 bits per heavy atom. The SMILES string of the molecule is CCOC(=O)CN(C(=O)c1cc(N)cc(C)c1F)C1CC1. The molecule has 0 unspecified atom stereocenters. The predicted octanol–water partition coefficient (Wildman–Crippen LogP) is 1.88. The van der Waals surface area contributed by atoms with Crippen LogP contribution < -0.4 is 5.73 Å². The van der Waals surface area contributed by atoms with Crippen molar-refractivity contribution in [2.24, 2.45) is 0 Å². The van der Waals surface area contributed by atoms with Gasteiger partial charge in [0.05, 0.1) is 12.2 Å². The number of hydrogen-bond donors (Lipinski definition) is 1. The number of carbonyl (C=O) groups is 2. The zero-order valence-electron chi connectivity index (χ0n) is 12.2. The highest BCUT2D eigenvalue weighted by Gasteiger charge is 2.35. The van der Waals surface area contributed by atoms with Crippen molar-refractivity contribution in [1.29, 1.82) is 0 Å². The average molecular weight is 294 g/mol. The van der Waals surface area contributed by atoms with Crippen LogP contribution in [0.1, 0.15) is 35.7 Å². The Morgan fingerprint density at radius 2 is 2.10 bits per heavy atom. The van der Waals surface area contributed by atoms with Crippen LogP contribution in [-0.2, 0) is 9.53 Å². The number of carbonyl (C=O) groups excluding carboxylic acids is 2. The summed E-state index contributed by atoms with van der Waals surface area (Å²) < 4.78 is 19.0. The minimum atomic E-state index is -0.594. The topological polar surface area (TPSA) is 72.6 Å². The van der Waals surface area contributed by atoms with Gasteiger partial charge in [0.25, 0.3) is 5.91 Å². The zero-order valence-corrected chi connectivity index (χ0v) is 12.2. The molecule has 114 valence electrons. The summed E-state index contributed by atoms with van der Waals surface area (Å²) >= 11 is 0. The molecule has 0 radical (unpaired) electrons. The minimum Gasteiger partial charge on any atom is -0.465 e. The summed E-state index contributed by atoms with van der Waals surface area (Å²) in [4.78, 5) is 25.5. The molecule has 0 spiro atoms. The summed E-state index contributed by atoms with van der Waals surface area (Å²) in [6.45, 7) is 3.33. The summed E-state index contributed by atoms with van der Waals surface area (Å²) in [5, 5.41) is 0. The van der Waals surface area contributed by atoms with Crippen LogP contribution in [0.4, 0.5) is 10.1 Å². The Morgan fingerprint density at radius 3 is 2.67 bits per heavy atom. The number of halogens is 1. The normalized spacial score (nSPS) is 13.9. The molecule has 1 aromatic rings. The van der Waals surface area contributed by atoms with Crippen molar-refractivity contribution >= 4 is 17.6 Å². The van der Waals surface area contributed by atoms with Crippen molar-refractivity contribution in [1.82, 2.24) is 4.90 Å². The molecule has 0 heterocycles. The number of hydrogen-bond acceptors (Lipinski definition) is 4. The predicted molar refractivity (Wildman–Crippen MR) is 76.2 cm³/mol. The first-order chi connectivity index (χ1) is 9.93. The van der Waals surface area contributed by atoms with E-state index in [1.165, 1.54) is 17.0 Å². The van der Waals surface area contributed by atoms with Crippen LogP contribution in [0.25, 0.3) is 0 Å². The number of aryl methyl sites for hydroxylation is 1. The molecular weight excluding hydrogens is 275 g/mol. The average Bonchev–Trinajstić information content (AvgIpc) is 3.24. The lowest BCUT2D eigenvalue weighted by Gasteiger charge is -2.22. The molecule has 1 aromatic carbocycles. The van der Waals surface area contributed by atoms with Gasteiger partial charge in [0.2, 0.25) is 0 Å². The molecule has 5 nitrogen and oxygen atoms in total. The van der Waals surface area contributed by atoms with Gasteiger partial charge in [-0.2, -0.15) is 0 Å². The Balaban J connectivity index is 2.25. The van der Waals surface area contributed by atoms with E-state index >= 15 is 0 Å². The lowest BCUT2D eigenvalue weighted by molar-refractivity contribution is -0.144. The summed E-state index contributed by atoms with van der Waals surface area (Å²) in [6, 6.07) is 2.76. The van der Waals surface area contributed by atoms with Gasteiger partial charge in [0.1, 0.15) is 12.4 Å². The standard InChI is InChI=1S/C15H19FN2O3/c1-3-21-13(19)8-18(11-4-5-11)15(20)12-7-10(17)6-9(2)14(12)16/h6-7,11H,3-5,8,17H2,1-2H3. The van der Waals surface area contributed by atoms with Crippen molar-refractivity contribution in [3.63, 3.8) is 0 Å². The Labute approximate surface area is 122 Å². The van der Waals surface area contributed by atoms with Crippen LogP contribution in [0.5, 0.6) is 0 Å². The lowest BCUT2D eigenvalue weighted by Crippen LogP contribution is -2.38. The Hall–Kier alpha value is -2.11. The molecule has 1 amide bonds. The van der Waals surface area contributed by atoms with Gasteiger partial charge in [0.15, 0.2) is 0 Å². The second kappa shape index (κ2) is 6.11. The molecule has 2 rings (SSSR count). The third-order valence-corrected chi connectivity index (χ3v) is 3.36. The third kappa shape index (κ3) is 3.51. The smallest absolute Gasteiger partial charge is 0.325 e. The number of nitrogens with two attached hydrogens (primary N) is 1. The monoisotopic (exact) mass is 294 g/mol. The second-order valence-electron chi connectivity index (χ2n) is 5.17. The fraction of sp³-hybridized carbons (Fsp3) is 0.467. The fourth-order valence-electron chi connectivity index (χ4n) is 2.21. The highest BCUT2D eigenvalue weighted by Crippen LogP contribution is 2.29. The maximum Gasteiger partial charge on any atom is 0.325 e. The quantitative estimate of drug-likeness (QED) is 0.665. The van der Waals surface area contributed by atoms with Crippen LogP contribution in [0.15, 0.2) is 12.1 Å². The molecule has 0 saturated heterocycles. The van der Waals surface area contributed by atoms with Crippen molar-refractivity contribution in [2.75, 3.05) is 18.9 Å². The van der Waals surface area contributed by atoms with Crippen molar-refractivity contribution in [3.05, 3.63) is 29.1 Å². The van der Waals surface area contributed by atoms with E-state index in [0.717, 1.165) is 12.8 Å². The van der Waals surface area contributed by atoms with Gasteiger partial charge < -0.3 is 15.4 Å².